The number of methoxy groups -OCH3 is 3. The Labute approximate surface area is 111 Å². The van der Waals surface area contributed by atoms with E-state index in [2.05, 4.69) is 28.6 Å². The molecule has 0 aliphatic heterocycles. The summed E-state index contributed by atoms with van der Waals surface area (Å²) in [5, 5.41) is 9.99. The van der Waals surface area contributed by atoms with Gasteiger partial charge in [0.1, 0.15) is 19.3 Å². The van der Waals surface area contributed by atoms with Crippen molar-refractivity contribution < 1.29 is 28.8 Å². The van der Waals surface area contributed by atoms with Crippen molar-refractivity contribution in [2.75, 3.05) is 34.5 Å². The maximum absolute atomic E-state index is 11.6. The molecule has 0 aromatic heterocycles. The monoisotopic (exact) mass is 266 g/mol. The molecule has 0 fully saturated rings. The second-order valence-corrected chi connectivity index (χ2v) is 3.38. The first-order valence-corrected chi connectivity index (χ1v) is 5.30. The molecule has 1 aliphatic rings. The van der Waals surface area contributed by atoms with E-state index in [1.807, 2.05) is 0 Å². The van der Waals surface area contributed by atoms with Gasteiger partial charge in [0.15, 0.2) is 5.76 Å². The number of ether oxygens (including phenoxy) is 4. The van der Waals surface area contributed by atoms with E-state index in [4.69, 9.17) is 14.2 Å². The molecule has 1 atom stereocenters. The summed E-state index contributed by atoms with van der Waals surface area (Å²) in [6.07, 6.45) is 2.34. The van der Waals surface area contributed by atoms with E-state index in [1.54, 1.807) is 0 Å². The summed E-state index contributed by atoms with van der Waals surface area (Å²) in [6, 6.07) is 0. The van der Waals surface area contributed by atoms with Crippen LogP contribution in [0.4, 0.5) is 0 Å². The van der Waals surface area contributed by atoms with Crippen LogP contribution >= 0.6 is 0 Å². The zero-order valence-electron chi connectivity index (χ0n) is 10.9. The first kappa shape index (κ1) is 14.9. The van der Waals surface area contributed by atoms with Crippen LogP contribution in [-0.4, -0.2) is 51.0 Å². The topological polar surface area (TPSA) is 74.2 Å². The molecular weight excluding hydrogens is 252 g/mol. The largest absolute Gasteiger partial charge is 0.493 e. The van der Waals surface area contributed by atoms with E-state index < -0.39 is 11.4 Å². The molecule has 6 nitrogen and oxygen atoms in total. The number of hydrogen-bond donors (Lipinski definition) is 1. The molecule has 102 valence electrons. The predicted molar refractivity (Wildman–Crippen MR) is 64.4 cm³/mol. The van der Waals surface area contributed by atoms with Gasteiger partial charge in [0.25, 0.3) is 11.4 Å². The molecular formula is C13H14O6. The van der Waals surface area contributed by atoms with Crippen LogP contribution < -0.4 is 0 Å². The van der Waals surface area contributed by atoms with Gasteiger partial charge < -0.3 is 24.1 Å². The molecule has 1 N–H and O–H groups in total. The first-order chi connectivity index (χ1) is 9.11. The Hall–Kier alpha value is -2.15. The third-order valence-electron chi connectivity index (χ3n) is 2.27. The third kappa shape index (κ3) is 3.00. The molecule has 0 spiro atoms. The molecule has 1 rings (SSSR count). The molecule has 0 aromatic carbocycles. The average Bonchev–Trinajstić information content (AvgIpc) is 2.42. The van der Waals surface area contributed by atoms with E-state index in [9.17, 15) is 9.90 Å². The number of rotatable bonds is 4. The van der Waals surface area contributed by atoms with E-state index in [0.717, 1.165) is 0 Å². The fourth-order valence-corrected chi connectivity index (χ4v) is 1.43. The van der Waals surface area contributed by atoms with Gasteiger partial charge in [0.2, 0.25) is 5.76 Å². The van der Waals surface area contributed by atoms with Crippen LogP contribution in [0.25, 0.3) is 0 Å². The first-order valence-electron chi connectivity index (χ1n) is 5.30. The van der Waals surface area contributed by atoms with Crippen LogP contribution in [0, 0.1) is 23.9 Å². The lowest BCUT2D eigenvalue weighted by Gasteiger charge is -2.32. The average molecular weight is 266 g/mol. The lowest BCUT2D eigenvalue weighted by atomic mass is 9.83. The van der Waals surface area contributed by atoms with Gasteiger partial charge in [-0.1, -0.05) is 5.92 Å². The SMILES string of the molecule is COC#CCOCC#CC1(O)C(=O)C(OC)=C1OC. The van der Waals surface area contributed by atoms with Crippen molar-refractivity contribution >= 4 is 5.78 Å². The fourth-order valence-electron chi connectivity index (χ4n) is 1.43. The van der Waals surface area contributed by atoms with Crippen molar-refractivity contribution in [3.05, 3.63) is 11.5 Å². The molecule has 0 heterocycles. The van der Waals surface area contributed by atoms with Crippen molar-refractivity contribution in [3.8, 4) is 23.9 Å². The highest BCUT2D eigenvalue weighted by atomic mass is 16.5. The Bertz CT molecular complexity index is 499. The van der Waals surface area contributed by atoms with E-state index >= 15 is 0 Å². The minimum absolute atomic E-state index is 0.00618. The Morgan fingerprint density at radius 3 is 2.42 bits per heavy atom. The summed E-state index contributed by atoms with van der Waals surface area (Å²) in [5.74, 6) is 6.83. The maximum atomic E-state index is 11.6. The Balaban J connectivity index is 2.58. The van der Waals surface area contributed by atoms with Gasteiger partial charge in [-0.2, -0.15) is 0 Å². The molecule has 0 saturated heterocycles. The second kappa shape index (κ2) is 6.69. The molecule has 1 aliphatic carbocycles. The van der Waals surface area contributed by atoms with Crippen molar-refractivity contribution in [1.82, 2.24) is 0 Å². The number of ketones is 1. The van der Waals surface area contributed by atoms with Gasteiger partial charge >= 0.3 is 0 Å². The highest BCUT2D eigenvalue weighted by molar-refractivity contribution is 6.12. The molecule has 0 radical (unpaired) electrons. The normalized spacial score (nSPS) is 20.5. The third-order valence-corrected chi connectivity index (χ3v) is 2.27. The summed E-state index contributed by atoms with van der Waals surface area (Å²) < 4.78 is 19.2. The van der Waals surface area contributed by atoms with Crippen LogP contribution in [0.3, 0.4) is 0 Å². The fraction of sp³-hybridized carbons (Fsp3) is 0.462. The summed E-state index contributed by atoms with van der Waals surface area (Å²) in [5.41, 5.74) is -1.94. The highest BCUT2D eigenvalue weighted by Gasteiger charge is 2.55. The van der Waals surface area contributed by atoms with Crippen LogP contribution in [-0.2, 0) is 23.7 Å². The zero-order chi connectivity index (χ0) is 14.3. The highest BCUT2D eigenvalue weighted by Crippen LogP contribution is 2.35. The smallest absolute Gasteiger partial charge is 0.254 e. The lowest BCUT2D eigenvalue weighted by molar-refractivity contribution is -0.138. The molecule has 19 heavy (non-hydrogen) atoms. The molecule has 1 unspecified atom stereocenters. The number of aliphatic hydroxyl groups is 1. The van der Waals surface area contributed by atoms with Crippen LogP contribution in [0.1, 0.15) is 0 Å². The summed E-state index contributed by atoms with van der Waals surface area (Å²) in [7, 11) is 4.08. The summed E-state index contributed by atoms with van der Waals surface area (Å²) >= 11 is 0. The van der Waals surface area contributed by atoms with Crippen molar-refractivity contribution in [2.24, 2.45) is 0 Å². The van der Waals surface area contributed by atoms with Gasteiger partial charge in [-0.3, -0.25) is 4.79 Å². The minimum atomic E-state index is -1.94. The van der Waals surface area contributed by atoms with E-state index in [-0.39, 0.29) is 24.7 Å². The predicted octanol–water partition coefficient (Wildman–Crippen LogP) is -0.568. The Kier molecular flexibility index (Phi) is 5.25. The molecule has 0 saturated carbocycles. The van der Waals surface area contributed by atoms with E-state index in [0.29, 0.717) is 0 Å². The Morgan fingerprint density at radius 2 is 1.84 bits per heavy atom. The van der Waals surface area contributed by atoms with Gasteiger partial charge in [0.05, 0.1) is 21.3 Å². The second-order valence-electron chi connectivity index (χ2n) is 3.38. The molecule has 0 aromatic rings. The van der Waals surface area contributed by atoms with Gasteiger partial charge in [-0.05, 0) is 11.8 Å². The van der Waals surface area contributed by atoms with Crippen molar-refractivity contribution in [2.45, 2.75) is 5.60 Å². The minimum Gasteiger partial charge on any atom is -0.493 e. The number of carbonyl (C=O) groups is 1. The van der Waals surface area contributed by atoms with Crippen LogP contribution in [0.2, 0.25) is 0 Å². The number of hydrogen-bond acceptors (Lipinski definition) is 6. The molecule has 6 heteroatoms. The standard InChI is InChI=1S/C13H14O6/c1-16-7-5-9-19-8-4-6-13(15)11(14)10(17-2)12(13)18-3/h15H,8-9H2,1-3H3. The summed E-state index contributed by atoms with van der Waals surface area (Å²) in [4.78, 5) is 11.6. The van der Waals surface area contributed by atoms with Gasteiger partial charge in [-0.15, -0.1) is 0 Å². The quantitative estimate of drug-likeness (QED) is 0.542. The van der Waals surface area contributed by atoms with Gasteiger partial charge in [-0.25, -0.2) is 0 Å². The lowest BCUT2D eigenvalue weighted by Crippen LogP contribution is -2.51. The van der Waals surface area contributed by atoms with Crippen molar-refractivity contribution in [1.29, 1.82) is 0 Å². The molecule has 0 bridgehead atoms. The van der Waals surface area contributed by atoms with Crippen LogP contribution in [0.5, 0.6) is 0 Å². The Morgan fingerprint density at radius 1 is 1.16 bits per heavy atom. The van der Waals surface area contributed by atoms with Crippen molar-refractivity contribution in [3.63, 3.8) is 0 Å². The summed E-state index contributed by atoms with van der Waals surface area (Å²) in [6.45, 7) is 0.165. The van der Waals surface area contributed by atoms with E-state index in [1.165, 1.54) is 21.3 Å². The zero-order valence-corrected chi connectivity index (χ0v) is 10.9. The van der Waals surface area contributed by atoms with Gasteiger partial charge in [0, 0.05) is 0 Å². The number of Topliss-reactive ketones (excluding diaryl/α,β-unsaturated/α-hetero) is 1. The molecule has 0 amide bonds. The van der Waals surface area contributed by atoms with Crippen LogP contribution in [0.15, 0.2) is 11.5 Å². The maximum Gasteiger partial charge on any atom is 0.254 e. The number of carbonyl (C=O) groups excluding carboxylic acids is 1.